The lowest BCUT2D eigenvalue weighted by Gasteiger charge is -2.36. The quantitative estimate of drug-likeness (QED) is 0.897. The Balaban J connectivity index is 1.42. The van der Waals surface area contributed by atoms with E-state index in [9.17, 15) is 14.7 Å². The van der Waals surface area contributed by atoms with Gasteiger partial charge >= 0.3 is 5.97 Å². The molecule has 2 fully saturated rings. The smallest absolute Gasteiger partial charge is 0.310 e. The van der Waals surface area contributed by atoms with Crippen LogP contribution in [-0.2, 0) is 16.0 Å². The second-order valence-corrected chi connectivity index (χ2v) is 7.14. The monoisotopic (exact) mass is 299 g/mol. The maximum Gasteiger partial charge on any atom is 0.310 e. The van der Waals surface area contributed by atoms with Crippen molar-refractivity contribution in [2.75, 3.05) is 0 Å². The molecule has 0 radical (unpaired) electrons. The van der Waals surface area contributed by atoms with E-state index in [1.54, 1.807) is 0 Å². The number of carbonyl (C=O) groups excluding carboxylic acids is 1. The van der Waals surface area contributed by atoms with Crippen LogP contribution in [0.15, 0.2) is 24.3 Å². The van der Waals surface area contributed by atoms with Gasteiger partial charge in [-0.1, -0.05) is 30.7 Å². The predicted octanol–water partition coefficient (Wildman–Crippen LogP) is 2.48. The zero-order valence-corrected chi connectivity index (χ0v) is 12.5. The summed E-state index contributed by atoms with van der Waals surface area (Å²) in [4.78, 5) is 23.7. The van der Waals surface area contributed by atoms with Gasteiger partial charge < -0.3 is 10.4 Å². The second-order valence-electron chi connectivity index (χ2n) is 7.14. The van der Waals surface area contributed by atoms with Gasteiger partial charge in [-0.3, -0.25) is 9.59 Å². The fraction of sp³-hybridized carbons (Fsp3) is 0.556. The fourth-order valence-corrected chi connectivity index (χ4v) is 4.38. The van der Waals surface area contributed by atoms with E-state index in [1.807, 2.05) is 0 Å². The van der Waals surface area contributed by atoms with E-state index >= 15 is 0 Å². The maximum atomic E-state index is 12.3. The Bertz CT molecular complexity index is 635. The zero-order chi connectivity index (χ0) is 15.3. The molecule has 4 heteroatoms. The number of carbonyl (C=O) groups is 2. The summed E-state index contributed by atoms with van der Waals surface area (Å²) in [7, 11) is 0. The van der Waals surface area contributed by atoms with Gasteiger partial charge in [-0.25, -0.2) is 0 Å². The first-order valence-electron chi connectivity index (χ1n) is 8.21. The van der Waals surface area contributed by atoms with E-state index in [4.69, 9.17) is 0 Å². The third-order valence-corrected chi connectivity index (χ3v) is 5.92. The minimum atomic E-state index is -0.813. The fourth-order valence-electron chi connectivity index (χ4n) is 4.38. The number of fused-ring (bicyclic) bond motifs is 3. The Kier molecular flexibility index (Phi) is 3.03. The lowest BCUT2D eigenvalue weighted by molar-refractivity contribution is -0.157. The van der Waals surface area contributed by atoms with Crippen LogP contribution in [0, 0.1) is 11.3 Å². The van der Waals surface area contributed by atoms with Gasteiger partial charge in [-0.05, 0) is 42.7 Å². The van der Waals surface area contributed by atoms with Gasteiger partial charge in [-0.2, -0.15) is 0 Å². The topological polar surface area (TPSA) is 66.4 Å². The lowest BCUT2D eigenvalue weighted by atomic mass is 9.66. The summed E-state index contributed by atoms with van der Waals surface area (Å²) in [5, 5.41) is 12.5. The van der Waals surface area contributed by atoms with Crippen molar-refractivity contribution >= 4 is 11.9 Å². The summed E-state index contributed by atoms with van der Waals surface area (Å²) >= 11 is 0. The summed E-state index contributed by atoms with van der Waals surface area (Å²) in [6.07, 6.45) is 4.53. The predicted molar refractivity (Wildman–Crippen MR) is 81.5 cm³/mol. The van der Waals surface area contributed by atoms with Gasteiger partial charge in [0.1, 0.15) is 0 Å². The van der Waals surface area contributed by atoms with Crippen molar-refractivity contribution in [2.45, 2.75) is 50.5 Å². The number of hydrogen-bond acceptors (Lipinski definition) is 2. The van der Waals surface area contributed by atoms with Gasteiger partial charge in [0.15, 0.2) is 0 Å². The number of aryl methyl sites for hydroxylation is 1. The van der Waals surface area contributed by atoms with Crippen molar-refractivity contribution in [2.24, 2.45) is 11.3 Å². The first-order chi connectivity index (χ1) is 10.6. The van der Waals surface area contributed by atoms with Crippen LogP contribution in [0.2, 0.25) is 0 Å². The first kappa shape index (κ1) is 13.8. The van der Waals surface area contributed by atoms with Crippen molar-refractivity contribution in [1.29, 1.82) is 0 Å². The van der Waals surface area contributed by atoms with Crippen LogP contribution in [0.4, 0.5) is 0 Å². The summed E-state index contributed by atoms with van der Waals surface area (Å²) < 4.78 is 0. The molecule has 0 aliphatic heterocycles. The number of hydrogen-bond donors (Lipinski definition) is 2. The van der Waals surface area contributed by atoms with Crippen LogP contribution in [0.1, 0.15) is 49.1 Å². The SMILES string of the molecule is O=C(CC1(C(=O)O)CCC1)NC1C2CCc3ccccc3C21. The number of benzene rings is 1. The number of aliphatic carboxylic acids is 1. The molecule has 3 unspecified atom stereocenters. The van der Waals surface area contributed by atoms with E-state index in [1.165, 1.54) is 11.1 Å². The lowest BCUT2D eigenvalue weighted by Crippen LogP contribution is -2.43. The Morgan fingerprint density at radius 3 is 2.73 bits per heavy atom. The molecule has 0 spiro atoms. The van der Waals surface area contributed by atoms with Crippen molar-refractivity contribution in [3.63, 3.8) is 0 Å². The van der Waals surface area contributed by atoms with Crippen LogP contribution in [0.25, 0.3) is 0 Å². The van der Waals surface area contributed by atoms with Gasteiger partial charge in [-0.15, -0.1) is 0 Å². The molecule has 1 aromatic carbocycles. The third-order valence-electron chi connectivity index (χ3n) is 5.92. The Morgan fingerprint density at radius 2 is 2.05 bits per heavy atom. The van der Waals surface area contributed by atoms with E-state index in [-0.39, 0.29) is 18.4 Å². The molecule has 116 valence electrons. The highest BCUT2D eigenvalue weighted by atomic mass is 16.4. The molecule has 3 aliphatic rings. The standard InChI is InChI=1S/C18H21NO3/c20-14(10-18(17(21)22)8-3-9-18)19-16-13-7-6-11-4-1-2-5-12(11)15(13)16/h1-2,4-5,13,15-16H,3,6-10H2,(H,19,20)(H,21,22). The van der Waals surface area contributed by atoms with Crippen molar-refractivity contribution in [3.8, 4) is 0 Å². The molecule has 4 rings (SSSR count). The largest absolute Gasteiger partial charge is 0.481 e. The molecular formula is C18H21NO3. The Hall–Kier alpha value is -1.84. The summed E-state index contributed by atoms with van der Waals surface area (Å²) in [6.45, 7) is 0. The third kappa shape index (κ3) is 2.04. The molecule has 3 aliphatic carbocycles. The average molecular weight is 299 g/mol. The minimum Gasteiger partial charge on any atom is -0.481 e. The molecule has 0 saturated heterocycles. The van der Waals surface area contributed by atoms with Crippen molar-refractivity contribution in [1.82, 2.24) is 5.32 Å². The van der Waals surface area contributed by atoms with Crippen LogP contribution < -0.4 is 5.32 Å². The molecule has 1 amide bonds. The molecule has 0 aromatic heterocycles. The number of nitrogens with one attached hydrogen (secondary N) is 1. The first-order valence-corrected chi connectivity index (χ1v) is 8.21. The molecule has 0 bridgehead atoms. The molecule has 22 heavy (non-hydrogen) atoms. The summed E-state index contributed by atoms with van der Waals surface area (Å²) in [6, 6.07) is 8.69. The Morgan fingerprint density at radius 1 is 1.27 bits per heavy atom. The average Bonchev–Trinajstić information content (AvgIpc) is 3.16. The van der Waals surface area contributed by atoms with E-state index in [0.717, 1.165) is 19.3 Å². The molecule has 3 atom stereocenters. The molecule has 2 saturated carbocycles. The van der Waals surface area contributed by atoms with Crippen LogP contribution in [0.3, 0.4) is 0 Å². The molecule has 2 N–H and O–H groups in total. The summed E-state index contributed by atoms with van der Waals surface area (Å²) in [5.41, 5.74) is 1.99. The second kappa shape index (κ2) is 4.83. The molecular weight excluding hydrogens is 278 g/mol. The van der Waals surface area contributed by atoms with Gasteiger partial charge in [0, 0.05) is 18.4 Å². The van der Waals surface area contributed by atoms with Crippen molar-refractivity contribution < 1.29 is 14.7 Å². The van der Waals surface area contributed by atoms with E-state index in [0.29, 0.717) is 24.7 Å². The van der Waals surface area contributed by atoms with Crippen LogP contribution >= 0.6 is 0 Å². The van der Waals surface area contributed by atoms with Crippen LogP contribution in [0.5, 0.6) is 0 Å². The Labute approximate surface area is 129 Å². The number of rotatable bonds is 4. The van der Waals surface area contributed by atoms with E-state index in [2.05, 4.69) is 29.6 Å². The van der Waals surface area contributed by atoms with Gasteiger partial charge in [0.25, 0.3) is 0 Å². The summed E-state index contributed by atoms with van der Waals surface area (Å²) in [5.74, 6) is 0.0866. The van der Waals surface area contributed by atoms with Gasteiger partial charge in [0.2, 0.25) is 5.91 Å². The molecule has 0 heterocycles. The minimum absolute atomic E-state index is 0.0843. The highest BCUT2D eigenvalue weighted by Crippen LogP contribution is 2.54. The number of amides is 1. The highest BCUT2D eigenvalue weighted by molar-refractivity contribution is 5.86. The molecule has 4 nitrogen and oxygen atoms in total. The normalized spacial score (nSPS) is 30.5. The molecule has 1 aromatic rings. The zero-order valence-electron chi connectivity index (χ0n) is 12.5. The van der Waals surface area contributed by atoms with Crippen LogP contribution in [-0.4, -0.2) is 23.0 Å². The number of carboxylic acids is 1. The maximum absolute atomic E-state index is 12.3. The van der Waals surface area contributed by atoms with Crippen molar-refractivity contribution in [3.05, 3.63) is 35.4 Å². The highest BCUT2D eigenvalue weighted by Gasteiger charge is 2.54. The van der Waals surface area contributed by atoms with Gasteiger partial charge in [0.05, 0.1) is 5.41 Å². The number of carboxylic acid groups (broad SMARTS) is 1. The van der Waals surface area contributed by atoms with E-state index < -0.39 is 11.4 Å².